The van der Waals surface area contributed by atoms with Crippen molar-refractivity contribution in [1.82, 2.24) is 0 Å². The van der Waals surface area contributed by atoms with E-state index in [0.29, 0.717) is 5.92 Å². The first-order valence-electron chi connectivity index (χ1n) is 8.91. The number of hydrogen-bond donors (Lipinski definition) is 0. The normalized spacial score (nSPS) is 17.0. The Hall–Kier alpha value is -0.980. The average Bonchev–Trinajstić information content (AvgIpc) is 2.48. The molecule has 0 aliphatic carbocycles. The standard InChI is InChI=1S/C20H33N/c1-16(2)6-5-7-18-12-14-21(15-13-18)20-10-8-19(9-11-20)17(3)4/h8-11,16-18H,5-7,12-15H2,1-4H3. The minimum absolute atomic E-state index is 0.630. The van der Waals surface area contributed by atoms with Gasteiger partial charge >= 0.3 is 0 Å². The van der Waals surface area contributed by atoms with Gasteiger partial charge in [0.15, 0.2) is 0 Å². The van der Waals surface area contributed by atoms with E-state index in [0.717, 1.165) is 11.8 Å². The highest BCUT2D eigenvalue weighted by atomic mass is 15.1. The zero-order chi connectivity index (χ0) is 15.2. The predicted octanol–water partition coefficient (Wildman–Crippen LogP) is 5.85. The number of benzene rings is 1. The molecule has 1 aromatic rings. The first-order chi connectivity index (χ1) is 10.1. The van der Waals surface area contributed by atoms with Crippen LogP contribution in [0, 0.1) is 11.8 Å². The highest BCUT2D eigenvalue weighted by molar-refractivity contribution is 5.48. The molecule has 1 heterocycles. The summed E-state index contributed by atoms with van der Waals surface area (Å²) in [7, 11) is 0. The molecule has 118 valence electrons. The van der Waals surface area contributed by atoms with Crippen molar-refractivity contribution < 1.29 is 0 Å². The van der Waals surface area contributed by atoms with Crippen molar-refractivity contribution in [3.8, 4) is 0 Å². The van der Waals surface area contributed by atoms with Crippen LogP contribution in [0.15, 0.2) is 24.3 Å². The molecule has 1 saturated heterocycles. The van der Waals surface area contributed by atoms with Gasteiger partial charge in [-0.05, 0) is 48.3 Å². The molecule has 0 N–H and O–H groups in total. The maximum atomic E-state index is 2.57. The number of rotatable bonds is 6. The summed E-state index contributed by atoms with van der Waals surface area (Å²) in [5.41, 5.74) is 2.86. The topological polar surface area (TPSA) is 3.24 Å². The fourth-order valence-electron chi connectivity index (χ4n) is 3.36. The van der Waals surface area contributed by atoms with Gasteiger partial charge in [0.2, 0.25) is 0 Å². The van der Waals surface area contributed by atoms with Gasteiger partial charge in [0.05, 0.1) is 0 Å². The Labute approximate surface area is 131 Å². The second kappa shape index (κ2) is 7.87. The Balaban J connectivity index is 1.78. The van der Waals surface area contributed by atoms with Crippen LogP contribution < -0.4 is 4.90 Å². The van der Waals surface area contributed by atoms with Crippen molar-refractivity contribution in [2.75, 3.05) is 18.0 Å². The summed E-state index contributed by atoms with van der Waals surface area (Å²) in [5, 5.41) is 0. The molecule has 1 nitrogen and oxygen atoms in total. The smallest absolute Gasteiger partial charge is 0.0366 e. The number of hydrogen-bond acceptors (Lipinski definition) is 1. The molecule has 2 rings (SSSR count). The molecule has 0 radical (unpaired) electrons. The first kappa shape index (κ1) is 16.4. The lowest BCUT2D eigenvalue weighted by Crippen LogP contribution is -2.33. The van der Waals surface area contributed by atoms with Gasteiger partial charge in [0.25, 0.3) is 0 Å². The summed E-state index contributed by atoms with van der Waals surface area (Å²) in [6, 6.07) is 9.23. The zero-order valence-corrected chi connectivity index (χ0v) is 14.4. The van der Waals surface area contributed by atoms with E-state index in [1.165, 1.54) is 56.4 Å². The third-order valence-electron chi connectivity index (χ3n) is 4.93. The molecule has 0 saturated carbocycles. The van der Waals surface area contributed by atoms with E-state index in [4.69, 9.17) is 0 Å². The molecule has 0 amide bonds. The van der Waals surface area contributed by atoms with Gasteiger partial charge in [0, 0.05) is 18.8 Å². The fraction of sp³-hybridized carbons (Fsp3) is 0.700. The summed E-state index contributed by atoms with van der Waals surface area (Å²) < 4.78 is 0. The van der Waals surface area contributed by atoms with Crippen LogP contribution in [0.1, 0.15) is 71.3 Å². The molecule has 21 heavy (non-hydrogen) atoms. The van der Waals surface area contributed by atoms with Crippen LogP contribution in [0.2, 0.25) is 0 Å². The fourth-order valence-corrected chi connectivity index (χ4v) is 3.36. The van der Waals surface area contributed by atoms with Crippen LogP contribution in [0.5, 0.6) is 0 Å². The molecular formula is C20H33N. The Morgan fingerprint density at radius 1 is 1.00 bits per heavy atom. The van der Waals surface area contributed by atoms with Crippen molar-refractivity contribution in [3.63, 3.8) is 0 Å². The zero-order valence-electron chi connectivity index (χ0n) is 14.4. The monoisotopic (exact) mass is 287 g/mol. The van der Waals surface area contributed by atoms with Gasteiger partial charge in [-0.15, -0.1) is 0 Å². The van der Waals surface area contributed by atoms with E-state index in [2.05, 4.69) is 56.9 Å². The van der Waals surface area contributed by atoms with Gasteiger partial charge in [-0.2, -0.15) is 0 Å². The molecule has 1 heteroatoms. The third kappa shape index (κ3) is 5.05. The molecule has 0 spiro atoms. The SMILES string of the molecule is CC(C)CCCC1CCN(c2ccc(C(C)C)cc2)CC1. The van der Waals surface area contributed by atoms with E-state index in [-0.39, 0.29) is 0 Å². The van der Waals surface area contributed by atoms with Crippen LogP contribution in [-0.2, 0) is 0 Å². The van der Waals surface area contributed by atoms with Gasteiger partial charge in [0.1, 0.15) is 0 Å². The van der Waals surface area contributed by atoms with Crippen LogP contribution in [0.25, 0.3) is 0 Å². The number of piperidine rings is 1. The lowest BCUT2D eigenvalue weighted by Gasteiger charge is -2.34. The summed E-state index contributed by atoms with van der Waals surface area (Å²) in [4.78, 5) is 2.57. The van der Waals surface area contributed by atoms with Crippen LogP contribution in [0.4, 0.5) is 5.69 Å². The Morgan fingerprint density at radius 3 is 2.14 bits per heavy atom. The van der Waals surface area contributed by atoms with E-state index in [1.54, 1.807) is 0 Å². The summed E-state index contributed by atoms with van der Waals surface area (Å²) in [6.45, 7) is 11.7. The maximum absolute atomic E-state index is 2.57. The van der Waals surface area contributed by atoms with Crippen molar-refractivity contribution in [2.45, 2.75) is 65.7 Å². The second-order valence-corrected chi connectivity index (χ2v) is 7.50. The molecule has 1 aromatic carbocycles. The molecular weight excluding hydrogens is 254 g/mol. The quantitative estimate of drug-likeness (QED) is 0.634. The van der Waals surface area contributed by atoms with Crippen LogP contribution in [0.3, 0.4) is 0 Å². The Morgan fingerprint density at radius 2 is 1.62 bits per heavy atom. The minimum atomic E-state index is 0.630. The highest BCUT2D eigenvalue weighted by Gasteiger charge is 2.19. The van der Waals surface area contributed by atoms with Crippen molar-refractivity contribution in [1.29, 1.82) is 0 Å². The lowest BCUT2D eigenvalue weighted by atomic mass is 9.90. The van der Waals surface area contributed by atoms with Gasteiger partial charge < -0.3 is 4.90 Å². The average molecular weight is 287 g/mol. The van der Waals surface area contributed by atoms with Crippen molar-refractivity contribution >= 4 is 5.69 Å². The third-order valence-corrected chi connectivity index (χ3v) is 4.93. The molecule has 0 atom stereocenters. The molecule has 1 aliphatic heterocycles. The molecule has 0 aromatic heterocycles. The van der Waals surface area contributed by atoms with Crippen LogP contribution in [-0.4, -0.2) is 13.1 Å². The lowest BCUT2D eigenvalue weighted by molar-refractivity contribution is 0.358. The van der Waals surface area contributed by atoms with Gasteiger partial charge in [-0.25, -0.2) is 0 Å². The van der Waals surface area contributed by atoms with Crippen molar-refractivity contribution in [3.05, 3.63) is 29.8 Å². The van der Waals surface area contributed by atoms with E-state index in [9.17, 15) is 0 Å². The first-order valence-corrected chi connectivity index (χ1v) is 8.91. The van der Waals surface area contributed by atoms with Gasteiger partial charge in [-0.1, -0.05) is 59.1 Å². The molecule has 1 fully saturated rings. The minimum Gasteiger partial charge on any atom is -0.372 e. The summed E-state index contributed by atoms with van der Waals surface area (Å²) >= 11 is 0. The van der Waals surface area contributed by atoms with E-state index in [1.807, 2.05) is 0 Å². The largest absolute Gasteiger partial charge is 0.372 e. The molecule has 0 unspecified atom stereocenters. The Kier molecular flexibility index (Phi) is 6.14. The van der Waals surface area contributed by atoms with E-state index < -0.39 is 0 Å². The molecule has 0 bridgehead atoms. The van der Waals surface area contributed by atoms with Crippen molar-refractivity contribution in [2.24, 2.45) is 11.8 Å². The Bertz CT molecular complexity index is 396. The van der Waals surface area contributed by atoms with Crippen LogP contribution >= 0.6 is 0 Å². The number of anilines is 1. The number of nitrogens with zero attached hydrogens (tertiary/aromatic N) is 1. The summed E-state index contributed by atoms with van der Waals surface area (Å²) in [5.74, 6) is 2.46. The maximum Gasteiger partial charge on any atom is 0.0366 e. The van der Waals surface area contributed by atoms with Gasteiger partial charge in [-0.3, -0.25) is 0 Å². The second-order valence-electron chi connectivity index (χ2n) is 7.50. The predicted molar refractivity (Wildman–Crippen MR) is 94.2 cm³/mol. The van der Waals surface area contributed by atoms with E-state index >= 15 is 0 Å². The molecule has 1 aliphatic rings. The summed E-state index contributed by atoms with van der Waals surface area (Å²) in [6.07, 6.45) is 7.02. The highest BCUT2D eigenvalue weighted by Crippen LogP contribution is 2.28.